The number of rotatable bonds is 6. The van der Waals surface area contributed by atoms with Crippen LogP contribution in [0.25, 0.3) is 10.4 Å². The highest BCUT2D eigenvalue weighted by molar-refractivity contribution is 7.46. The summed E-state index contributed by atoms with van der Waals surface area (Å²) in [4.78, 5) is 29.5. The molecule has 1 amide bonds. The minimum Gasteiger partial charge on any atom is -0.443 e. The van der Waals surface area contributed by atoms with E-state index in [9.17, 15) is 9.36 Å². The minimum atomic E-state index is -4.51. The highest BCUT2D eigenvalue weighted by Crippen LogP contribution is 2.34. The van der Waals surface area contributed by atoms with E-state index in [1.807, 2.05) is 0 Å². The summed E-state index contributed by atoms with van der Waals surface area (Å²) in [6.45, 7) is -0.956. The second kappa shape index (κ2) is 7.04. The number of nitrogens with one attached hydrogen (secondary N) is 1. The molecule has 3 N–H and O–H groups in total. The molecule has 10 nitrogen and oxygen atoms in total. The quantitative estimate of drug-likeness (QED) is 0.196. The van der Waals surface area contributed by atoms with Crippen LogP contribution >= 0.6 is 7.82 Å². The maximum atomic E-state index is 10.7. The van der Waals surface area contributed by atoms with Crippen molar-refractivity contribution in [1.29, 1.82) is 0 Å². The number of alkyl carbamates (subject to hydrolysis) is 1. The van der Waals surface area contributed by atoms with Gasteiger partial charge in [-0.3, -0.25) is 4.52 Å². The van der Waals surface area contributed by atoms with Gasteiger partial charge in [0.1, 0.15) is 0 Å². The van der Waals surface area contributed by atoms with Crippen molar-refractivity contribution in [1.82, 2.24) is 5.32 Å². The number of nitrogens with zero attached hydrogens (tertiary/aromatic N) is 3. The van der Waals surface area contributed by atoms with Gasteiger partial charge in [-0.25, -0.2) is 9.36 Å². The van der Waals surface area contributed by atoms with Crippen molar-refractivity contribution >= 4 is 13.9 Å². The lowest BCUT2D eigenvalue weighted by molar-refractivity contribution is 0.144. The fraction of sp³-hybridized carbons (Fsp3) is 0.750. The van der Waals surface area contributed by atoms with Gasteiger partial charge in [-0.15, -0.1) is 0 Å². The Balaban J connectivity index is 3.47. The summed E-state index contributed by atoms with van der Waals surface area (Å²) < 4.78 is 18.5. The van der Waals surface area contributed by atoms with E-state index in [-0.39, 0.29) is 13.2 Å². The van der Waals surface area contributed by atoms with E-state index in [2.05, 4.69) is 24.6 Å². The third kappa shape index (κ3) is 10.6. The molecule has 0 aromatic heterocycles. The SMILES string of the molecule is [N-]=[N+]=NCOC(=O)NCCOP(=O)(O)O. The number of phosphoric ester groups is 1. The van der Waals surface area contributed by atoms with E-state index in [4.69, 9.17) is 15.3 Å². The summed E-state index contributed by atoms with van der Waals surface area (Å²) in [6, 6.07) is 0. The first-order valence-corrected chi connectivity index (χ1v) is 5.10. The van der Waals surface area contributed by atoms with Crippen molar-refractivity contribution in [2.45, 2.75) is 0 Å². The molecule has 0 aromatic rings. The molecule has 0 unspecified atom stereocenters. The standard InChI is InChI=1S/C4H9N4O6P/c5-8-7-3-13-4(9)6-1-2-14-15(10,11)12/h1-3H2,(H,6,9)(H2,10,11,12). The maximum absolute atomic E-state index is 10.7. The highest BCUT2D eigenvalue weighted by Gasteiger charge is 2.12. The molecule has 0 aromatic carbocycles. The van der Waals surface area contributed by atoms with Crippen LogP contribution in [0.3, 0.4) is 0 Å². The van der Waals surface area contributed by atoms with Crippen molar-refractivity contribution < 1.29 is 28.4 Å². The Morgan fingerprint density at radius 1 is 1.60 bits per heavy atom. The normalized spacial score (nSPS) is 10.3. The number of carbonyl (C=O) groups is 1. The van der Waals surface area contributed by atoms with Gasteiger partial charge >= 0.3 is 13.9 Å². The second-order valence-electron chi connectivity index (χ2n) is 2.04. The zero-order valence-corrected chi connectivity index (χ0v) is 8.33. The third-order valence-electron chi connectivity index (χ3n) is 0.947. The Labute approximate surface area is 84.0 Å². The molecule has 15 heavy (non-hydrogen) atoms. The van der Waals surface area contributed by atoms with Gasteiger partial charge in [0.15, 0.2) is 6.73 Å². The van der Waals surface area contributed by atoms with Gasteiger partial charge in [0.05, 0.1) is 6.61 Å². The van der Waals surface area contributed by atoms with Crippen LogP contribution in [0.1, 0.15) is 0 Å². The van der Waals surface area contributed by atoms with E-state index in [0.717, 1.165) is 0 Å². The first kappa shape index (κ1) is 13.7. The van der Waals surface area contributed by atoms with Crippen LogP contribution in [-0.4, -0.2) is 35.8 Å². The van der Waals surface area contributed by atoms with Crippen LogP contribution in [0.2, 0.25) is 0 Å². The predicted molar refractivity (Wildman–Crippen MR) is 46.5 cm³/mol. The lowest BCUT2D eigenvalue weighted by Crippen LogP contribution is -2.27. The fourth-order valence-electron chi connectivity index (χ4n) is 0.482. The van der Waals surface area contributed by atoms with E-state index < -0.39 is 20.6 Å². The number of phosphoric acid groups is 1. The van der Waals surface area contributed by atoms with Crippen molar-refractivity contribution in [2.24, 2.45) is 5.11 Å². The van der Waals surface area contributed by atoms with Crippen LogP contribution in [0.5, 0.6) is 0 Å². The number of hydrogen-bond donors (Lipinski definition) is 3. The summed E-state index contributed by atoms with van der Waals surface area (Å²) in [5.74, 6) is 0. The van der Waals surface area contributed by atoms with E-state index >= 15 is 0 Å². The molecule has 0 saturated carbocycles. The number of azide groups is 1. The second-order valence-corrected chi connectivity index (χ2v) is 3.28. The Morgan fingerprint density at radius 2 is 2.27 bits per heavy atom. The minimum absolute atomic E-state index is 0.139. The Kier molecular flexibility index (Phi) is 6.43. The van der Waals surface area contributed by atoms with Crippen LogP contribution in [0.15, 0.2) is 5.11 Å². The van der Waals surface area contributed by atoms with Crippen LogP contribution in [0, 0.1) is 0 Å². The highest BCUT2D eigenvalue weighted by atomic mass is 31.2. The summed E-state index contributed by atoms with van der Waals surface area (Å²) in [5.41, 5.74) is 7.82. The van der Waals surface area contributed by atoms with Gasteiger partial charge < -0.3 is 19.8 Å². The molecule has 11 heteroatoms. The zero-order chi connectivity index (χ0) is 11.7. The molecule has 0 saturated heterocycles. The summed E-state index contributed by atoms with van der Waals surface area (Å²) >= 11 is 0. The third-order valence-corrected chi connectivity index (χ3v) is 1.47. The predicted octanol–water partition coefficient (Wildman–Crippen LogP) is 0.0897. The molecule has 0 fully saturated rings. The van der Waals surface area contributed by atoms with Gasteiger partial charge in [-0.1, -0.05) is 5.11 Å². The van der Waals surface area contributed by atoms with Gasteiger partial charge in [-0.2, -0.15) is 0 Å². The number of ether oxygens (including phenoxy) is 1. The number of amides is 1. The molecule has 0 radical (unpaired) electrons. The van der Waals surface area contributed by atoms with Crippen LogP contribution < -0.4 is 5.32 Å². The van der Waals surface area contributed by atoms with Crippen LogP contribution in [0.4, 0.5) is 4.79 Å². The molecule has 0 aliphatic rings. The molecular weight excluding hydrogens is 231 g/mol. The van der Waals surface area contributed by atoms with E-state index in [1.165, 1.54) is 0 Å². The molecule has 0 aliphatic carbocycles. The monoisotopic (exact) mass is 240 g/mol. The smallest absolute Gasteiger partial charge is 0.443 e. The Hall–Kier alpha value is -1.31. The lowest BCUT2D eigenvalue weighted by atomic mass is 10.7. The van der Waals surface area contributed by atoms with Gasteiger partial charge in [0, 0.05) is 11.5 Å². The van der Waals surface area contributed by atoms with Gasteiger partial charge in [0.2, 0.25) is 0 Å². The first-order valence-electron chi connectivity index (χ1n) is 3.57. The molecule has 0 atom stereocenters. The molecule has 0 rings (SSSR count). The van der Waals surface area contributed by atoms with Crippen molar-refractivity contribution in [3.8, 4) is 0 Å². The molecule has 0 spiro atoms. The molecule has 0 heterocycles. The fourth-order valence-corrected chi connectivity index (χ4v) is 0.811. The summed E-state index contributed by atoms with van der Waals surface area (Å²) in [6.07, 6.45) is -0.878. The van der Waals surface area contributed by atoms with Crippen molar-refractivity contribution in [3.05, 3.63) is 10.4 Å². The average Bonchev–Trinajstić information content (AvgIpc) is 2.11. The Morgan fingerprint density at radius 3 is 2.80 bits per heavy atom. The van der Waals surface area contributed by atoms with Crippen molar-refractivity contribution in [3.63, 3.8) is 0 Å². The first-order chi connectivity index (χ1) is 6.95. The van der Waals surface area contributed by atoms with Crippen LogP contribution in [-0.2, 0) is 13.8 Å². The van der Waals surface area contributed by atoms with Gasteiger partial charge in [-0.05, 0) is 5.53 Å². The largest absolute Gasteiger partial charge is 0.469 e. The number of carbonyl (C=O) groups excluding carboxylic acids is 1. The Bertz CT molecular complexity index is 296. The molecule has 0 bridgehead atoms. The number of hydrogen-bond acceptors (Lipinski definition) is 5. The van der Waals surface area contributed by atoms with E-state index in [1.54, 1.807) is 0 Å². The topological polar surface area (TPSA) is 154 Å². The van der Waals surface area contributed by atoms with Crippen molar-refractivity contribution in [2.75, 3.05) is 19.9 Å². The van der Waals surface area contributed by atoms with E-state index in [0.29, 0.717) is 0 Å². The maximum Gasteiger partial charge on any atom is 0.469 e. The van der Waals surface area contributed by atoms with Gasteiger partial charge in [0.25, 0.3) is 0 Å². The lowest BCUT2D eigenvalue weighted by Gasteiger charge is -2.06. The molecule has 0 aliphatic heterocycles. The molecule has 86 valence electrons. The average molecular weight is 240 g/mol. The summed E-state index contributed by atoms with van der Waals surface area (Å²) in [5, 5.41) is 5.02. The zero-order valence-electron chi connectivity index (χ0n) is 7.44. The summed E-state index contributed by atoms with van der Waals surface area (Å²) in [7, 11) is -4.51. The molecular formula is C4H9N4O6P.